The fraction of sp³-hybridized carbons (Fsp3) is 0.350. The lowest BCUT2D eigenvalue weighted by atomic mass is 9.86. The summed E-state index contributed by atoms with van der Waals surface area (Å²) in [6.45, 7) is 6.69. The molecular weight excluding hydrogens is 368 g/mol. The van der Waals surface area contributed by atoms with E-state index in [0.29, 0.717) is 35.5 Å². The SMILES string of the molecule is CCN(CC)C(=O)C(c1cc(Cl)c([N+](=O)[O-])cc1C)c1ccccc1OC. The summed E-state index contributed by atoms with van der Waals surface area (Å²) in [4.78, 5) is 25.7. The fourth-order valence-electron chi connectivity index (χ4n) is 3.19. The molecule has 0 bridgehead atoms. The maximum Gasteiger partial charge on any atom is 0.288 e. The van der Waals surface area contributed by atoms with Crippen molar-refractivity contribution in [2.24, 2.45) is 0 Å². The first-order valence-electron chi connectivity index (χ1n) is 8.71. The summed E-state index contributed by atoms with van der Waals surface area (Å²) in [6.07, 6.45) is 0. The van der Waals surface area contributed by atoms with Gasteiger partial charge in [-0.05, 0) is 44.0 Å². The number of ether oxygens (including phenoxy) is 1. The van der Waals surface area contributed by atoms with Crippen molar-refractivity contribution in [3.8, 4) is 5.75 Å². The van der Waals surface area contributed by atoms with E-state index >= 15 is 0 Å². The van der Waals surface area contributed by atoms with E-state index < -0.39 is 10.8 Å². The van der Waals surface area contributed by atoms with Crippen LogP contribution in [-0.2, 0) is 4.79 Å². The van der Waals surface area contributed by atoms with Gasteiger partial charge in [0.15, 0.2) is 0 Å². The molecule has 1 atom stereocenters. The van der Waals surface area contributed by atoms with E-state index in [-0.39, 0.29) is 16.6 Å². The van der Waals surface area contributed by atoms with Crippen LogP contribution in [-0.4, -0.2) is 35.9 Å². The Hall–Kier alpha value is -2.60. The lowest BCUT2D eigenvalue weighted by Crippen LogP contribution is -2.35. The molecule has 0 fully saturated rings. The summed E-state index contributed by atoms with van der Waals surface area (Å²) in [5.41, 5.74) is 1.78. The van der Waals surface area contributed by atoms with Crippen molar-refractivity contribution in [1.29, 1.82) is 0 Å². The van der Waals surface area contributed by atoms with E-state index in [1.54, 1.807) is 25.0 Å². The van der Waals surface area contributed by atoms with Crippen LogP contribution in [0.3, 0.4) is 0 Å². The second kappa shape index (κ2) is 8.86. The van der Waals surface area contributed by atoms with Crippen molar-refractivity contribution in [3.63, 3.8) is 0 Å². The highest BCUT2D eigenvalue weighted by molar-refractivity contribution is 6.32. The van der Waals surface area contributed by atoms with Gasteiger partial charge in [-0.1, -0.05) is 29.8 Å². The number of rotatable bonds is 7. The Labute approximate surface area is 163 Å². The number of benzene rings is 2. The molecule has 0 radical (unpaired) electrons. The predicted octanol–water partition coefficient (Wildman–Crippen LogP) is 4.57. The van der Waals surface area contributed by atoms with E-state index in [4.69, 9.17) is 16.3 Å². The maximum absolute atomic E-state index is 13.4. The molecule has 27 heavy (non-hydrogen) atoms. The average Bonchev–Trinajstić information content (AvgIpc) is 2.65. The number of nitrogens with zero attached hydrogens (tertiary/aromatic N) is 2. The number of nitro benzene ring substituents is 1. The second-order valence-electron chi connectivity index (χ2n) is 6.10. The van der Waals surface area contributed by atoms with Crippen molar-refractivity contribution in [1.82, 2.24) is 4.90 Å². The number of para-hydroxylation sites is 1. The molecule has 1 unspecified atom stereocenters. The fourth-order valence-corrected chi connectivity index (χ4v) is 3.43. The molecule has 7 heteroatoms. The molecule has 0 heterocycles. The highest BCUT2D eigenvalue weighted by Gasteiger charge is 2.31. The smallest absolute Gasteiger partial charge is 0.288 e. The number of hydrogen-bond acceptors (Lipinski definition) is 4. The van der Waals surface area contributed by atoms with Crippen LogP contribution in [0.1, 0.15) is 36.5 Å². The molecule has 2 aromatic rings. The number of methoxy groups -OCH3 is 1. The summed E-state index contributed by atoms with van der Waals surface area (Å²) in [7, 11) is 1.55. The van der Waals surface area contributed by atoms with Gasteiger partial charge in [-0.2, -0.15) is 0 Å². The van der Waals surface area contributed by atoms with Gasteiger partial charge in [0.1, 0.15) is 10.8 Å². The minimum Gasteiger partial charge on any atom is -0.496 e. The first kappa shape index (κ1) is 20.7. The summed E-state index contributed by atoms with van der Waals surface area (Å²) in [6, 6.07) is 10.2. The van der Waals surface area contributed by atoms with Crippen LogP contribution in [0.5, 0.6) is 5.75 Å². The Bertz CT molecular complexity index is 850. The van der Waals surface area contributed by atoms with E-state index in [0.717, 1.165) is 0 Å². The molecule has 0 aliphatic carbocycles. The molecule has 0 saturated heterocycles. The van der Waals surface area contributed by atoms with Gasteiger partial charge in [-0.25, -0.2) is 0 Å². The highest BCUT2D eigenvalue weighted by atomic mass is 35.5. The molecule has 0 spiro atoms. The number of halogens is 1. The third-order valence-electron chi connectivity index (χ3n) is 4.62. The van der Waals surface area contributed by atoms with Gasteiger partial charge in [-0.15, -0.1) is 0 Å². The first-order valence-corrected chi connectivity index (χ1v) is 9.09. The Morgan fingerprint density at radius 2 is 1.85 bits per heavy atom. The molecule has 0 aliphatic rings. The average molecular weight is 391 g/mol. The third kappa shape index (κ3) is 4.22. The summed E-state index contributed by atoms with van der Waals surface area (Å²) >= 11 is 6.16. The highest BCUT2D eigenvalue weighted by Crippen LogP contribution is 2.38. The molecule has 6 nitrogen and oxygen atoms in total. The van der Waals surface area contributed by atoms with Crippen LogP contribution in [0.4, 0.5) is 5.69 Å². The lowest BCUT2D eigenvalue weighted by Gasteiger charge is -2.27. The molecule has 0 N–H and O–H groups in total. The van der Waals surface area contributed by atoms with Gasteiger partial charge in [0.25, 0.3) is 5.69 Å². The molecule has 0 saturated carbocycles. The van der Waals surface area contributed by atoms with Crippen molar-refractivity contribution in [2.75, 3.05) is 20.2 Å². The predicted molar refractivity (Wildman–Crippen MR) is 106 cm³/mol. The van der Waals surface area contributed by atoms with E-state index in [1.807, 2.05) is 32.0 Å². The Morgan fingerprint density at radius 3 is 2.41 bits per heavy atom. The Kier molecular flexibility index (Phi) is 6.80. The topological polar surface area (TPSA) is 72.7 Å². The minimum absolute atomic E-state index is 0.00726. The number of amides is 1. The van der Waals surface area contributed by atoms with Crippen LogP contribution in [0.2, 0.25) is 5.02 Å². The van der Waals surface area contributed by atoms with Gasteiger partial charge >= 0.3 is 0 Å². The van der Waals surface area contributed by atoms with Gasteiger partial charge < -0.3 is 9.64 Å². The van der Waals surface area contributed by atoms with Gasteiger partial charge in [0.05, 0.1) is 18.0 Å². The van der Waals surface area contributed by atoms with Crippen LogP contribution in [0.25, 0.3) is 0 Å². The number of carbonyl (C=O) groups is 1. The Balaban J connectivity index is 2.72. The minimum atomic E-state index is -0.667. The molecule has 0 aliphatic heterocycles. The zero-order valence-electron chi connectivity index (χ0n) is 15.9. The van der Waals surface area contributed by atoms with Crippen LogP contribution >= 0.6 is 11.6 Å². The molecular formula is C20H23ClN2O4. The van der Waals surface area contributed by atoms with Gasteiger partial charge in [0, 0.05) is 24.7 Å². The standard InChI is InChI=1S/C20H23ClN2O4/c1-5-22(6-2)20(24)19(14-9-7-8-10-18(14)27-4)15-12-16(21)17(23(25)26)11-13(15)3/h7-12,19H,5-6H2,1-4H3. The van der Waals surface area contributed by atoms with Gasteiger partial charge in [-0.3, -0.25) is 14.9 Å². The zero-order valence-corrected chi connectivity index (χ0v) is 16.6. The van der Waals surface area contributed by atoms with Crippen molar-refractivity contribution in [2.45, 2.75) is 26.7 Å². The summed E-state index contributed by atoms with van der Waals surface area (Å²) in [5, 5.41) is 11.2. The van der Waals surface area contributed by atoms with E-state index in [9.17, 15) is 14.9 Å². The zero-order chi connectivity index (χ0) is 20.1. The number of aryl methyl sites for hydroxylation is 1. The van der Waals surface area contributed by atoms with Gasteiger partial charge in [0.2, 0.25) is 5.91 Å². The normalized spacial score (nSPS) is 11.7. The molecule has 2 aromatic carbocycles. The maximum atomic E-state index is 13.4. The van der Waals surface area contributed by atoms with Crippen LogP contribution < -0.4 is 4.74 Å². The summed E-state index contributed by atoms with van der Waals surface area (Å²) < 4.78 is 5.47. The second-order valence-corrected chi connectivity index (χ2v) is 6.51. The van der Waals surface area contributed by atoms with Crippen molar-refractivity contribution >= 4 is 23.2 Å². The number of nitro groups is 1. The monoisotopic (exact) mass is 390 g/mol. The molecule has 0 aromatic heterocycles. The number of likely N-dealkylation sites (N-methyl/N-ethyl adjacent to an activating group) is 1. The largest absolute Gasteiger partial charge is 0.496 e. The van der Waals surface area contributed by atoms with Crippen LogP contribution in [0, 0.1) is 17.0 Å². The molecule has 2 rings (SSSR count). The van der Waals surface area contributed by atoms with E-state index in [1.165, 1.54) is 12.1 Å². The quantitative estimate of drug-likeness (QED) is 0.513. The number of hydrogen-bond donors (Lipinski definition) is 0. The lowest BCUT2D eigenvalue weighted by molar-refractivity contribution is -0.384. The summed E-state index contributed by atoms with van der Waals surface area (Å²) in [5.74, 6) is -0.186. The molecule has 144 valence electrons. The molecule has 1 amide bonds. The van der Waals surface area contributed by atoms with Crippen LogP contribution in [0.15, 0.2) is 36.4 Å². The number of carbonyl (C=O) groups excluding carboxylic acids is 1. The first-order chi connectivity index (χ1) is 12.8. The van der Waals surface area contributed by atoms with Crippen molar-refractivity contribution < 1.29 is 14.5 Å². The third-order valence-corrected chi connectivity index (χ3v) is 4.92. The van der Waals surface area contributed by atoms with E-state index in [2.05, 4.69) is 0 Å². The van der Waals surface area contributed by atoms with Crippen molar-refractivity contribution in [3.05, 3.63) is 68.2 Å². The Morgan fingerprint density at radius 1 is 1.22 bits per heavy atom.